The lowest BCUT2D eigenvalue weighted by Gasteiger charge is -2.14. The summed E-state index contributed by atoms with van der Waals surface area (Å²) in [5, 5.41) is 14.3. The number of rotatable bonds is 5. The first-order valence-electron chi connectivity index (χ1n) is 7.87. The summed E-state index contributed by atoms with van der Waals surface area (Å²) in [5.74, 6) is -0.384. The first-order chi connectivity index (χ1) is 12.0. The number of nitro benzene ring substituents is 1. The van der Waals surface area contributed by atoms with Crippen molar-refractivity contribution in [3.05, 3.63) is 69.8 Å². The zero-order chi connectivity index (χ0) is 18.0. The Balaban J connectivity index is 1.90. The minimum atomic E-state index is -0.548. The first kappa shape index (κ1) is 16.6. The molecule has 7 heteroatoms. The van der Waals surface area contributed by atoms with Gasteiger partial charge < -0.3 is 10.2 Å². The summed E-state index contributed by atoms with van der Waals surface area (Å²) in [6.07, 6.45) is 0.581. The van der Waals surface area contributed by atoms with Gasteiger partial charge in [0.15, 0.2) is 5.78 Å². The third kappa shape index (κ3) is 3.35. The molecule has 1 amide bonds. The van der Waals surface area contributed by atoms with Gasteiger partial charge in [0.1, 0.15) is 11.7 Å². The van der Waals surface area contributed by atoms with Gasteiger partial charge >= 0.3 is 0 Å². The van der Waals surface area contributed by atoms with Crippen LogP contribution in [0.2, 0.25) is 0 Å². The van der Waals surface area contributed by atoms with E-state index in [9.17, 15) is 19.7 Å². The van der Waals surface area contributed by atoms with Gasteiger partial charge in [0.25, 0.3) is 5.69 Å². The van der Waals surface area contributed by atoms with Crippen LogP contribution in [0.25, 0.3) is 0 Å². The number of hydrogen-bond acceptors (Lipinski definition) is 5. The molecule has 1 aliphatic heterocycles. The fourth-order valence-electron chi connectivity index (χ4n) is 2.85. The molecule has 1 atom stereocenters. The van der Waals surface area contributed by atoms with Gasteiger partial charge in [-0.1, -0.05) is 30.3 Å². The second kappa shape index (κ2) is 6.72. The standard InChI is InChI=1S/C18H17N3O4/c1-20-10-9-15(18(20)23)19-14-8-7-13(11-16(14)21(24)25)17(22)12-5-3-2-4-6-12/h2-8,11,15,19H,9-10H2,1H3. The molecule has 0 spiro atoms. The molecule has 1 unspecified atom stereocenters. The predicted octanol–water partition coefficient (Wildman–Crippen LogP) is 2.47. The Hall–Kier alpha value is -3.22. The van der Waals surface area contributed by atoms with Crippen LogP contribution >= 0.6 is 0 Å². The lowest BCUT2D eigenvalue weighted by atomic mass is 10.0. The van der Waals surface area contributed by atoms with Crippen LogP contribution in [0.15, 0.2) is 48.5 Å². The molecule has 0 radical (unpaired) electrons. The van der Waals surface area contributed by atoms with Crippen LogP contribution in [0.5, 0.6) is 0 Å². The summed E-state index contributed by atoms with van der Waals surface area (Å²) >= 11 is 0. The highest BCUT2D eigenvalue weighted by atomic mass is 16.6. The lowest BCUT2D eigenvalue weighted by molar-refractivity contribution is -0.384. The summed E-state index contributed by atoms with van der Waals surface area (Å²) in [5.41, 5.74) is 0.718. The van der Waals surface area contributed by atoms with Gasteiger partial charge in [-0.05, 0) is 18.6 Å². The molecule has 1 aliphatic rings. The summed E-state index contributed by atoms with van der Waals surface area (Å²) in [4.78, 5) is 36.9. The second-order valence-corrected chi connectivity index (χ2v) is 5.93. The summed E-state index contributed by atoms with van der Waals surface area (Å²) in [6.45, 7) is 0.606. The average molecular weight is 339 g/mol. The molecule has 0 bridgehead atoms. The number of benzene rings is 2. The highest BCUT2D eigenvalue weighted by molar-refractivity contribution is 6.09. The number of anilines is 1. The molecular weight excluding hydrogens is 322 g/mol. The number of likely N-dealkylation sites (tertiary alicyclic amines) is 1. The molecule has 0 aliphatic carbocycles. The maximum Gasteiger partial charge on any atom is 0.293 e. The van der Waals surface area contributed by atoms with Gasteiger partial charge in [-0.25, -0.2) is 0 Å². The van der Waals surface area contributed by atoms with Gasteiger partial charge in [0.2, 0.25) is 5.91 Å². The summed E-state index contributed by atoms with van der Waals surface area (Å²) < 4.78 is 0. The van der Waals surface area contributed by atoms with E-state index < -0.39 is 11.0 Å². The largest absolute Gasteiger partial charge is 0.368 e. The molecule has 3 rings (SSSR count). The van der Waals surface area contributed by atoms with Gasteiger partial charge in [0, 0.05) is 30.8 Å². The number of carbonyl (C=O) groups is 2. The molecule has 1 N–H and O–H groups in total. The van der Waals surface area contributed by atoms with Crippen molar-refractivity contribution in [2.24, 2.45) is 0 Å². The van der Waals surface area contributed by atoms with Crippen LogP contribution < -0.4 is 5.32 Å². The molecule has 0 saturated carbocycles. The molecule has 2 aromatic rings. The molecule has 1 fully saturated rings. The van der Waals surface area contributed by atoms with E-state index in [4.69, 9.17) is 0 Å². The number of nitro groups is 1. The molecule has 1 heterocycles. The van der Waals surface area contributed by atoms with Crippen molar-refractivity contribution < 1.29 is 14.5 Å². The van der Waals surface area contributed by atoms with E-state index in [1.807, 2.05) is 0 Å². The van der Waals surface area contributed by atoms with Gasteiger partial charge in [0.05, 0.1) is 4.92 Å². The predicted molar refractivity (Wildman–Crippen MR) is 92.6 cm³/mol. The number of carbonyl (C=O) groups excluding carboxylic acids is 2. The maximum absolute atomic E-state index is 12.5. The Bertz CT molecular complexity index is 835. The third-order valence-corrected chi connectivity index (χ3v) is 4.25. The molecular formula is C18H17N3O4. The number of nitrogens with zero attached hydrogens (tertiary/aromatic N) is 2. The summed E-state index contributed by atoms with van der Waals surface area (Å²) in [7, 11) is 1.69. The van der Waals surface area contributed by atoms with Crippen LogP contribution in [0.4, 0.5) is 11.4 Å². The third-order valence-electron chi connectivity index (χ3n) is 4.25. The molecule has 1 saturated heterocycles. The number of likely N-dealkylation sites (N-methyl/N-ethyl adjacent to an activating group) is 1. The van der Waals surface area contributed by atoms with E-state index in [1.54, 1.807) is 42.3 Å². The SMILES string of the molecule is CN1CCC(Nc2ccc(C(=O)c3ccccc3)cc2[N+](=O)[O-])C1=O. The van der Waals surface area contributed by atoms with Gasteiger partial charge in [-0.2, -0.15) is 0 Å². The highest BCUT2D eigenvalue weighted by Gasteiger charge is 2.30. The molecule has 128 valence electrons. The number of amides is 1. The van der Waals surface area contributed by atoms with Crippen LogP contribution in [-0.2, 0) is 4.79 Å². The van der Waals surface area contributed by atoms with Crippen molar-refractivity contribution in [1.29, 1.82) is 0 Å². The Morgan fingerprint density at radius 2 is 1.92 bits per heavy atom. The molecule has 0 aromatic heterocycles. The van der Waals surface area contributed by atoms with E-state index in [1.165, 1.54) is 18.2 Å². The van der Waals surface area contributed by atoms with E-state index in [2.05, 4.69) is 5.32 Å². The van der Waals surface area contributed by atoms with Crippen molar-refractivity contribution in [3.63, 3.8) is 0 Å². The van der Waals surface area contributed by atoms with E-state index >= 15 is 0 Å². The fourth-order valence-corrected chi connectivity index (χ4v) is 2.85. The Labute approximate surface area is 144 Å². The molecule has 7 nitrogen and oxygen atoms in total. The number of nitrogens with one attached hydrogen (secondary N) is 1. The van der Waals surface area contributed by atoms with Gasteiger partial charge in [-0.15, -0.1) is 0 Å². The van der Waals surface area contributed by atoms with Crippen LogP contribution in [0.1, 0.15) is 22.3 Å². The van der Waals surface area contributed by atoms with Crippen LogP contribution in [0.3, 0.4) is 0 Å². The van der Waals surface area contributed by atoms with Crippen molar-refractivity contribution >= 4 is 23.1 Å². The number of hydrogen-bond donors (Lipinski definition) is 1. The van der Waals surface area contributed by atoms with E-state index in [0.29, 0.717) is 18.5 Å². The van der Waals surface area contributed by atoms with Gasteiger partial charge in [-0.3, -0.25) is 19.7 Å². The van der Waals surface area contributed by atoms with E-state index in [-0.39, 0.29) is 28.6 Å². The fraction of sp³-hybridized carbons (Fsp3) is 0.222. The zero-order valence-corrected chi connectivity index (χ0v) is 13.6. The highest BCUT2D eigenvalue weighted by Crippen LogP contribution is 2.28. The smallest absolute Gasteiger partial charge is 0.293 e. The maximum atomic E-state index is 12.5. The quantitative estimate of drug-likeness (QED) is 0.513. The number of ketones is 1. The zero-order valence-electron chi connectivity index (χ0n) is 13.6. The van der Waals surface area contributed by atoms with E-state index in [0.717, 1.165) is 0 Å². The normalized spacial score (nSPS) is 16.8. The minimum Gasteiger partial charge on any atom is -0.368 e. The monoisotopic (exact) mass is 339 g/mol. The topological polar surface area (TPSA) is 92.6 Å². The van der Waals surface area contributed by atoms with Crippen molar-refractivity contribution in [1.82, 2.24) is 4.90 Å². The Morgan fingerprint density at radius 3 is 2.52 bits per heavy atom. The van der Waals surface area contributed by atoms with Crippen LogP contribution in [-0.4, -0.2) is 41.1 Å². The Kier molecular flexibility index (Phi) is 4.47. The minimum absolute atomic E-state index is 0.0984. The molecule has 2 aromatic carbocycles. The van der Waals surface area contributed by atoms with Crippen molar-refractivity contribution in [2.75, 3.05) is 18.9 Å². The molecule has 25 heavy (non-hydrogen) atoms. The van der Waals surface area contributed by atoms with Crippen molar-refractivity contribution in [3.8, 4) is 0 Å². The van der Waals surface area contributed by atoms with Crippen molar-refractivity contribution in [2.45, 2.75) is 12.5 Å². The summed E-state index contributed by atoms with van der Waals surface area (Å²) in [6, 6.07) is 12.4. The van der Waals surface area contributed by atoms with Crippen LogP contribution in [0, 0.1) is 10.1 Å². The second-order valence-electron chi connectivity index (χ2n) is 5.93. The Morgan fingerprint density at radius 1 is 1.20 bits per heavy atom. The average Bonchev–Trinajstić information content (AvgIpc) is 2.94. The first-order valence-corrected chi connectivity index (χ1v) is 7.87. The lowest BCUT2D eigenvalue weighted by Crippen LogP contribution is -2.31.